The molecule has 8 nitrogen and oxygen atoms in total. The Morgan fingerprint density at radius 1 is 1.13 bits per heavy atom. The highest BCUT2D eigenvalue weighted by molar-refractivity contribution is 6.16. The van der Waals surface area contributed by atoms with Crippen LogP contribution in [-0.2, 0) is 28.0 Å². The maximum absolute atomic E-state index is 15.7. The third-order valence-electron chi connectivity index (χ3n) is 8.33. The van der Waals surface area contributed by atoms with Crippen molar-refractivity contribution in [2.75, 3.05) is 26.7 Å². The number of aryl methyl sites for hydroxylation is 1. The van der Waals surface area contributed by atoms with Crippen LogP contribution in [0.5, 0.6) is 0 Å². The van der Waals surface area contributed by atoms with E-state index in [1.165, 1.54) is 6.07 Å². The fourth-order valence-corrected chi connectivity index (χ4v) is 5.83. The SMILES string of the molecule is COCc1nn(C)c2ccc(-c3ccc(C4=NC5(CC5)C(=O)N4CC4CN(C(=O)C5CC5)C4)c(F)c3)cc12. The van der Waals surface area contributed by atoms with Gasteiger partial charge in [-0.05, 0) is 61.1 Å². The van der Waals surface area contributed by atoms with Crippen LogP contribution in [0, 0.1) is 17.7 Å². The van der Waals surface area contributed by atoms with Gasteiger partial charge in [0.25, 0.3) is 5.91 Å². The Hall–Kier alpha value is -3.59. The summed E-state index contributed by atoms with van der Waals surface area (Å²) in [5.41, 5.74) is 3.07. The lowest BCUT2D eigenvalue weighted by molar-refractivity contribution is -0.139. The molecule has 196 valence electrons. The fourth-order valence-electron chi connectivity index (χ4n) is 5.83. The van der Waals surface area contributed by atoms with E-state index in [0.29, 0.717) is 50.5 Å². The van der Waals surface area contributed by atoms with Crippen LogP contribution in [0.15, 0.2) is 41.4 Å². The van der Waals surface area contributed by atoms with E-state index in [1.807, 2.05) is 40.9 Å². The fraction of sp³-hybridized carbons (Fsp3) is 0.448. The number of hydrogen-bond donors (Lipinski definition) is 0. The zero-order valence-corrected chi connectivity index (χ0v) is 21.6. The average Bonchev–Trinajstić information content (AvgIpc) is 3.80. The van der Waals surface area contributed by atoms with E-state index in [1.54, 1.807) is 18.1 Å². The first-order chi connectivity index (χ1) is 18.4. The van der Waals surface area contributed by atoms with Crippen LogP contribution >= 0.6 is 0 Å². The lowest BCUT2D eigenvalue weighted by atomic mass is 9.97. The number of carbonyl (C=O) groups excluding carboxylic acids is 2. The largest absolute Gasteiger partial charge is 0.378 e. The molecule has 0 atom stereocenters. The van der Waals surface area contributed by atoms with Gasteiger partial charge < -0.3 is 9.64 Å². The monoisotopic (exact) mass is 515 g/mol. The van der Waals surface area contributed by atoms with Crippen molar-refractivity contribution < 1.29 is 18.7 Å². The van der Waals surface area contributed by atoms with Crippen LogP contribution in [0.1, 0.15) is 36.9 Å². The van der Waals surface area contributed by atoms with Gasteiger partial charge in [0, 0.05) is 51.0 Å². The molecule has 2 saturated carbocycles. The number of aliphatic imine (C=N–C) groups is 1. The van der Waals surface area contributed by atoms with Crippen molar-refractivity contribution in [1.82, 2.24) is 19.6 Å². The van der Waals surface area contributed by atoms with Crippen LogP contribution in [0.3, 0.4) is 0 Å². The number of amidine groups is 1. The van der Waals surface area contributed by atoms with Crippen molar-refractivity contribution >= 4 is 28.6 Å². The third-order valence-corrected chi connectivity index (χ3v) is 8.33. The summed E-state index contributed by atoms with van der Waals surface area (Å²) >= 11 is 0. The van der Waals surface area contributed by atoms with Gasteiger partial charge in [0.05, 0.1) is 23.4 Å². The molecule has 4 aliphatic rings. The molecule has 2 aromatic carbocycles. The second kappa shape index (κ2) is 8.46. The summed E-state index contributed by atoms with van der Waals surface area (Å²) in [6, 6.07) is 11.1. The van der Waals surface area contributed by atoms with Crippen LogP contribution < -0.4 is 0 Å². The van der Waals surface area contributed by atoms with E-state index in [0.717, 1.165) is 40.6 Å². The molecule has 1 saturated heterocycles. The summed E-state index contributed by atoms with van der Waals surface area (Å²) in [5, 5.41) is 5.51. The Labute approximate surface area is 220 Å². The van der Waals surface area contributed by atoms with Crippen LogP contribution in [0.25, 0.3) is 22.0 Å². The number of ether oxygens (including phenoxy) is 1. The van der Waals surface area contributed by atoms with Crippen molar-refractivity contribution in [1.29, 1.82) is 0 Å². The molecule has 3 fully saturated rings. The first kappa shape index (κ1) is 23.5. The van der Waals surface area contributed by atoms with Gasteiger partial charge >= 0.3 is 0 Å². The van der Waals surface area contributed by atoms with Gasteiger partial charge in [-0.25, -0.2) is 4.39 Å². The molecular formula is C29H30FN5O3. The molecule has 3 aromatic rings. The summed E-state index contributed by atoms with van der Waals surface area (Å²) in [7, 11) is 3.53. The van der Waals surface area contributed by atoms with Gasteiger partial charge in [-0.3, -0.25) is 24.2 Å². The Morgan fingerprint density at radius 2 is 1.87 bits per heavy atom. The standard InChI is InChI=1S/C29H30FN5O3/c1-33-25-8-6-19(11-22(25)24(32-33)16-38-2)20-5-7-21(23(30)12-20)26-31-29(9-10-29)28(37)35(26)15-17-13-34(14-17)27(36)18-3-4-18/h5-8,11-12,17-18H,3-4,9-10,13-16H2,1-2H3. The minimum atomic E-state index is -0.712. The summed E-state index contributed by atoms with van der Waals surface area (Å²) in [6.45, 7) is 2.17. The number of fused-ring (bicyclic) bond motifs is 1. The lowest BCUT2D eigenvalue weighted by Crippen LogP contribution is -2.55. The number of aromatic nitrogens is 2. The maximum atomic E-state index is 15.7. The van der Waals surface area contributed by atoms with E-state index in [4.69, 9.17) is 9.73 Å². The number of amides is 2. The molecule has 1 aromatic heterocycles. The average molecular weight is 516 g/mol. The maximum Gasteiger partial charge on any atom is 0.256 e. The summed E-state index contributed by atoms with van der Waals surface area (Å²) in [4.78, 5) is 33.9. The highest BCUT2D eigenvalue weighted by Gasteiger charge is 2.58. The van der Waals surface area contributed by atoms with Gasteiger partial charge in [-0.2, -0.15) is 5.10 Å². The molecule has 38 heavy (non-hydrogen) atoms. The number of likely N-dealkylation sites (tertiary alicyclic amines) is 1. The number of halogens is 1. The molecule has 0 radical (unpaired) electrons. The normalized spacial score (nSPS) is 20.4. The van der Waals surface area contributed by atoms with E-state index >= 15 is 4.39 Å². The lowest BCUT2D eigenvalue weighted by Gasteiger charge is -2.41. The molecule has 0 unspecified atom stereocenters. The Bertz CT molecular complexity index is 1510. The van der Waals surface area contributed by atoms with E-state index in [-0.39, 0.29) is 23.7 Å². The predicted molar refractivity (Wildman–Crippen MR) is 140 cm³/mol. The predicted octanol–water partition coefficient (Wildman–Crippen LogP) is 3.52. The molecular weight excluding hydrogens is 485 g/mol. The van der Waals surface area contributed by atoms with Crippen LogP contribution in [-0.4, -0.2) is 69.5 Å². The third kappa shape index (κ3) is 3.74. The first-order valence-electron chi connectivity index (χ1n) is 13.3. The quantitative estimate of drug-likeness (QED) is 0.482. The molecule has 7 rings (SSSR count). The summed E-state index contributed by atoms with van der Waals surface area (Å²) in [5.74, 6) is 0.621. The van der Waals surface area contributed by atoms with Crippen molar-refractivity contribution in [2.45, 2.75) is 37.8 Å². The van der Waals surface area contributed by atoms with Crippen molar-refractivity contribution in [2.24, 2.45) is 23.9 Å². The number of hydrogen-bond acceptors (Lipinski definition) is 5. The smallest absolute Gasteiger partial charge is 0.256 e. The zero-order chi connectivity index (χ0) is 26.2. The van der Waals surface area contributed by atoms with Gasteiger partial charge in [0.15, 0.2) is 0 Å². The summed E-state index contributed by atoms with van der Waals surface area (Å²) in [6.07, 6.45) is 3.39. The van der Waals surface area contributed by atoms with Gasteiger partial charge in [-0.15, -0.1) is 0 Å². The molecule has 9 heteroatoms. The number of rotatable bonds is 7. The number of nitrogens with zero attached hydrogens (tertiary/aromatic N) is 5. The molecule has 3 heterocycles. The van der Waals surface area contributed by atoms with E-state index in [2.05, 4.69) is 5.10 Å². The second-order valence-corrected chi connectivity index (χ2v) is 11.2. The second-order valence-electron chi connectivity index (χ2n) is 11.2. The zero-order valence-electron chi connectivity index (χ0n) is 21.6. The highest BCUT2D eigenvalue weighted by Crippen LogP contribution is 2.46. The van der Waals surface area contributed by atoms with Crippen LogP contribution in [0.4, 0.5) is 4.39 Å². The topological polar surface area (TPSA) is 80.0 Å². The molecule has 0 bridgehead atoms. The van der Waals surface area contributed by atoms with E-state index < -0.39 is 11.4 Å². The van der Waals surface area contributed by atoms with Crippen molar-refractivity contribution in [3.63, 3.8) is 0 Å². The number of benzene rings is 2. The highest BCUT2D eigenvalue weighted by atomic mass is 19.1. The Morgan fingerprint density at radius 3 is 2.55 bits per heavy atom. The van der Waals surface area contributed by atoms with Gasteiger partial charge in [-0.1, -0.05) is 12.1 Å². The van der Waals surface area contributed by atoms with E-state index in [9.17, 15) is 9.59 Å². The Balaban J connectivity index is 1.15. The Kier molecular flexibility index (Phi) is 5.24. The number of methoxy groups -OCH3 is 1. The van der Waals surface area contributed by atoms with Gasteiger partial charge in [0.2, 0.25) is 5.91 Å². The number of carbonyl (C=O) groups is 2. The first-order valence-corrected chi connectivity index (χ1v) is 13.3. The molecule has 2 aliphatic heterocycles. The van der Waals surface area contributed by atoms with Crippen LogP contribution in [0.2, 0.25) is 0 Å². The molecule has 2 amide bonds. The van der Waals surface area contributed by atoms with Crippen molar-refractivity contribution in [3.8, 4) is 11.1 Å². The molecule has 0 N–H and O–H groups in total. The minimum Gasteiger partial charge on any atom is -0.378 e. The summed E-state index contributed by atoms with van der Waals surface area (Å²) < 4.78 is 22.8. The molecule has 1 spiro atoms. The molecule has 2 aliphatic carbocycles. The van der Waals surface area contributed by atoms with Crippen molar-refractivity contribution in [3.05, 3.63) is 53.5 Å². The minimum absolute atomic E-state index is 0.0318. The van der Waals surface area contributed by atoms with Gasteiger partial charge in [0.1, 0.15) is 17.2 Å².